The fourth-order valence-corrected chi connectivity index (χ4v) is 3.37. The summed E-state index contributed by atoms with van der Waals surface area (Å²) in [5, 5.41) is 2.71. The smallest absolute Gasteiger partial charge is 0.225 e. The molecule has 0 heterocycles. The number of rotatable bonds is 7. The Morgan fingerprint density at radius 3 is 2.33 bits per heavy atom. The minimum atomic E-state index is -3.47. The van der Waals surface area contributed by atoms with Gasteiger partial charge in [0.1, 0.15) is 5.75 Å². The van der Waals surface area contributed by atoms with Gasteiger partial charge in [-0.25, -0.2) is 8.42 Å². The molecule has 2 aromatic carbocycles. The Morgan fingerprint density at radius 2 is 1.67 bits per heavy atom. The minimum absolute atomic E-state index is 0.0264. The third-order valence-electron chi connectivity index (χ3n) is 3.22. The van der Waals surface area contributed by atoms with E-state index in [4.69, 9.17) is 4.74 Å². The van der Waals surface area contributed by atoms with E-state index in [9.17, 15) is 13.2 Å². The Bertz CT molecular complexity index is 786. The van der Waals surface area contributed by atoms with Crippen molar-refractivity contribution in [2.45, 2.75) is 31.3 Å². The molecule has 0 saturated carbocycles. The van der Waals surface area contributed by atoms with Crippen LogP contribution in [-0.2, 0) is 14.6 Å². The molecule has 0 aromatic heterocycles. The van der Waals surface area contributed by atoms with Gasteiger partial charge in [0.05, 0.1) is 22.4 Å². The highest BCUT2D eigenvalue weighted by molar-refractivity contribution is 7.91. The van der Waals surface area contributed by atoms with Crippen molar-refractivity contribution in [2.24, 2.45) is 0 Å². The Hall–Kier alpha value is -2.34. The molecular weight excluding hydrogens is 326 g/mol. The molecule has 2 aromatic rings. The van der Waals surface area contributed by atoms with Crippen LogP contribution in [-0.4, -0.2) is 26.2 Å². The van der Waals surface area contributed by atoms with Crippen molar-refractivity contribution in [3.8, 4) is 5.75 Å². The number of hydrogen-bond acceptors (Lipinski definition) is 4. The van der Waals surface area contributed by atoms with Crippen molar-refractivity contribution in [1.29, 1.82) is 0 Å². The molecule has 128 valence electrons. The van der Waals surface area contributed by atoms with Crippen molar-refractivity contribution in [3.63, 3.8) is 0 Å². The van der Waals surface area contributed by atoms with E-state index in [2.05, 4.69) is 5.32 Å². The number of amides is 1. The van der Waals surface area contributed by atoms with E-state index in [1.54, 1.807) is 36.4 Å². The van der Waals surface area contributed by atoms with Crippen molar-refractivity contribution in [1.82, 2.24) is 0 Å². The molecule has 24 heavy (non-hydrogen) atoms. The maximum absolute atomic E-state index is 12.2. The summed E-state index contributed by atoms with van der Waals surface area (Å²) in [7, 11) is -3.47. The average Bonchev–Trinajstić information content (AvgIpc) is 2.55. The number of carbonyl (C=O) groups is 1. The number of nitrogens with one attached hydrogen (secondary N) is 1. The molecule has 1 amide bonds. The number of hydrogen-bond donors (Lipinski definition) is 1. The molecule has 1 N–H and O–H groups in total. The van der Waals surface area contributed by atoms with Crippen molar-refractivity contribution >= 4 is 21.4 Å². The summed E-state index contributed by atoms with van der Waals surface area (Å²) in [6.07, 6.45) is -0.144. The number of para-hydroxylation sites is 2. The molecule has 0 aliphatic heterocycles. The van der Waals surface area contributed by atoms with Gasteiger partial charge in [0.15, 0.2) is 9.84 Å². The first-order valence-corrected chi connectivity index (χ1v) is 9.37. The molecule has 0 saturated heterocycles. The predicted octanol–water partition coefficient (Wildman–Crippen LogP) is 3.28. The molecule has 0 aliphatic carbocycles. The van der Waals surface area contributed by atoms with Crippen LogP contribution in [0, 0.1) is 0 Å². The van der Waals surface area contributed by atoms with Gasteiger partial charge in [-0.3, -0.25) is 4.79 Å². The van der Waals surface area contributed by atoms with E-state index in [1.807, 2.05) is 19.9 Å². The highest BCUT2D eigenvalue weighted by Gasteiger charge is 2.17. The summed E-state index contributed by atoms with van der Waals surface area (Å²) < 4.78 is 30.0. The largest absolute Gasteiger partial charge is 0.489 e. The van der Waals surface area contributed by atoms with Crippen LogP contribution in [0.5, 0.6) is 5.75 Å². The van der Waals surface area contributed by atoms with Gasteiger partial charge in [0.2, 0.25) is 5.91 Å². The quantitative estimate of drug-likeness (QED) is 0.834. The molecule has 0 radical (unpaired) electrons. The lowest BCUT2D eigenvalue weighted by Crippen LogP contribution is -2.18. The lowest BCUT2D eigenvalue weighted by atomic mass is 10.2. The second-order valence-electron chi connectivity index (χ2n) is 5.59. The monoisotopic (exact) mass is 347 g/mol. The van der Waals surface area contributed by atoms with Crippen LogP contribution in [0.4, 0.5) is 5.69 Å². The van der Waals surface area contributed by atoms with Crippen molar-refractivity contribution < 1.29 is 17.9 Å². The first-order chi connectivity index (χ1) is 11.4. The maximum atomic E-state index is 12.2. The molecule has 0 aliphatic rings. The van der Waals surface area contributed by atoms with E-state index in [0.29, 0.717) is 11.4 Å². The Morgan fingerprint density at radius 1 is 1.04 bits per heavy atom. The van der Waals surface area contributed by atoms with Gasteiger partial charge in [-0.05, 0) is 38.1 Å². The molecule has 0 fully saturated rings. The standard InChI is InChI=1S/C18H21NO4S/c1-14(2)23-17-11-7-6-10-16(17)19-18(20)12-13-24(21,22)15-8-4-3-5-9-15/h3-11,14H,12-13H2,1-2H3,(H,19,20). The molecule has 5 nitrogen and oxygen atoms in total. The molecule has 0 bridgehead atoms. The van der Waals surface area contributed by atoms with Gasteiger partial charge in [0.25, 0.3) is 0 Å². The van der Waals surface area contributed by atoms with E-state index in [1.165, 1.54) is 12.1 Å². The summed E-state index contributed by atoms with van der Waals surface area (Å²) in [5.41, 5.74) is 0.535. The van der Waals surface area contributed by atoms with Crippen molar-refractivity contribution in [2.75, 3.05) is 11.1 Å². The summed E-state index contributed by atoms with van der Waals surface area (Å²) in [5.74, 6) is -0.0446. The zero-order valence-corrected chi connectivity index (χ0v) is 14.5. The minimum Gasteiger partial charge on any atom is -0.489 e. The number of ether oxygens (including phenoxy) is 1. The Kier molecular flexibility index (Phi) is 5.98. The van der Waals surface area contributed by atoms with Crippen LogP contribution >= 0.6 is 0 Å². The molecule has 0 spiro atoms. The SMILES string of the molecule is CC(C)Oc1ccccc1NC(=O)CCS(=O)(=O)c1ccccc1. The summed E-state index contributed by atoms with van der Waals surface area (Å²) in [6.45, 7) is 3.79. The lowest BCUT2D eigenvalue weighted by molar-refractivity contribution is -0.115. The van der Waals surface area contributed by atoms with E-state index < -0.39 is 9.84 Å². The molecule has 0 unspecified atom stereocenters. The van der Waals surface area contributed by atoms with E-state index >= 15 is 0 Å². The third-order valence-corrected chi connectivity index (χ3v) is 4.96. The van der Waals surface area contributed by atoms with E-state index in [-0.39, 0.29) is 29.1 Å². The molecule has 0 atom stereocenters. The van der Waals surface area contributed by atoms with Crippen LogP contribution in [0.2, 0.25) is 0 Å². The van der Waals surface area contributed by atoms with Crippen LogP contribution < -0.4 is 10.1 Å². The molecular formula is C18H21NO4S. The zero-order valence-electron chi connectivity index (χ0n) is 13.7. The highest BCUT2D eigenvalue weighted by Crippen LogP contribution is 2.25. The fourth-order valence-electron chi connectivity index (χ4n) is 2.11. The zero-order chi connectivity index (χ0) is 17.6. The number of anilines is 1. The van der Waals surface area contributed by atoms with Gasteiger partial charge >= 0.3 is 0 Å². The normalized spacial score (nSPS) is 11.3. The first kappa shape index (κ1) is 18.0. The van der Waals surface area contributed by atoms with Gasteiger partial charge in [-0.15, -0.1) is 0 Å². The molecule has 2 rings (SSSR count). The van der Waals surface area contributed by atoms with Gasteiger partial charge < -0.3 is 10.1 Å². The predicted molar refractivity (Wildman–Crippen MR) is 93.9 cm³/mol. The molecule has 6 heteroatoms. The third kappa shape index (κ3) is 5.09. The Balaban J connectivity index is 2.00. The number of sulfone groups is 1. The fraction of sp³-hybridized carbons (Fsp3) is 0.278. The number of carbonyl (C=O) groups excluding carboxylic acids is 1. The summed E-state index contributed by atoms with van der Waals surface area (Å²) >= 11 is 0. The lowest BCUT2D eigenvalue weighted by Gasteiger charge is -2.14. The van der Waals surface area contributed by atoms with Crippen LogP contribution in [0.25, 0.3) is 0 Å². The van der Waals surface area contributed by atoms with Crippen LogP contribution in [0.15, 0.2) is 59.5 Å². The second kappa shape index (κ2) is 7.97. The average molecular weight is 347 g/mol. The van der Waals surface area contributed by atoms with Gasteiger partial charge in [-0.2, -0.15) is 0 Å². The highest BCUT2D eigenvalue weighted by atomic mass is 32.2. The van der Waals surface area contributed by atoms with Gasteiger partial charge in [-0.1, -0.05) is 30.3 Å². The first-order valence-electron chi connectivity index (χ1n) is 7.72. The maximum Gasteiger partial charge on any atom is 0.225 e. The van der Waals surface area contributed by atoms with Crippen LogP contribution in [0.3, 0.4) is 0 Å². The second-order valence-corrected chi connectivity index (χ2v) is 7.70. The summed E-state index contributed by atoms with van der Waals surface area (Å²) in [4.78, 5) is 12.3. The number of benzene rings is 2. The summed E-state index contributed by atoms with van der Waals surface area (Å²) in [6, 6.07) is 15.2. The Labute approximate surface area is 142 Å². The van der Waals surface area contributed by atoms with Gasteiger partial charge in [0, 0.05) is 6.42 Å². The topological polar surface area (TPSA) is 72.5 Å². The van der Waals surface area contributed by atoms with Crippen LogP contribution in [0.1, 0.15) is 20.3 Å². The van der Waals surface area contributed by atoms with Crippen molar-refractivity contribution in [3.05, 3.63) is 54.6 Å². The van der Waals surface area contributed by atoms with E-state index in [0.717, 1.165) is 0 Å².